The minimum Gasteiger partial charge on any atom is -0.325 e. The first-order valence-corrected chi connectivity index (χ1v) is 6.83. The van der Waals surface area contributed by atoms with E-state index in [-0.39, 0.29) is 6.54 Å². The van der Waals surface area contributed by atoms with Gasteiger partial charge in [0.15, 0.2) is 0 Å². The van der Waals surface area contributed by atoms with Gasteiger partial charge in [-0.2, -0.15) is 0 Å². The quantitative estimate of drug-likeness (QED) is 0.648. The average molecular weight is 300 g/mol. The molecule has 0 fully saturated rings. The lowest BCUT2D eigenvalue weighted by Gasteiger charge is -2.14. The van der Waals surface area contributed by atoms with Crippen LogP contribution in [-0.4, -0.2) is 15.0 Å². The molecule has 17 heavy (non-hydrogen) atoms. The first-order valence-electron chi connectivity index (χ1n) is 5.70. The maximum Gasteiger partial charge on any atom is 0.234 e. The second-order valence-electron chi connectivity index (χ2n) is 3.87. The smallest absolute Gasteiger partial charge is 0.234 e. The minimum absolute atomic E-state index is 0.220. The molecule has 4 nitrogen and oxygen atoms in total. The van der Waals surface area contributed by atoms with Crippen LogP contribution in [0.2, 0.25) is 0 Å². The molecular weight excluding hydrogens is 282 g/mol. The van der Waals surface area contributed by atoms with Gasteiger partial charge in [0.25, 0.3) is 0 Å². The predicted octanol–water partition coefficient (Wildman–Crippen LogP) is 3.14. The van der Waals surface area contributed by atoms with Gasteiger partial charge in [0.05, 0.1) is 0 Å². The Balaban J connectivity index is 2.75. The van der Waals surface area contributed by atoms with Crippen LogP contribution in [0.1, 0.15) is 44.0 Å². The van der Waals surface area contributed by atoms with Crippen molar-refractivity contribution in [3.63, 3.8) is 0 Å². The van der Waals surface area contributed by atoms with Crippen molar-refractivity contribution >= 4 is 34.8 Å². The van der Waals surface area contributed by atoms with Crippen LogP contribution < -0.4 is 5.73 Å². The number of nitrogens with zero attached hydrogens (tertiary/aromatic N) is 3. The molecule has 0 amide bonds. The van der Waals surface area contributed by atoms with Crippen LogP contribution in [0.4, 0.5) is 0 Å². The van der Waals surface area contributed by atoms with Gasteiger partial charge in [0, 0.05) is 13.1 Å². The van der Waals surface area contributed by atoms with Crippen molar-refractivity contribution in [2.75, 3.05) is 0 Å². The Morgan fingerprint density at radius 2 is 1.94 bits per heavy atom. The SMILES string of the molecule is CCCCCCn1nnc(CN)c1C(Cl)(Cl)Cl. The van der Waals surface area contributed by atoms with Crippen molar-refractivity contribution in [1.82, 2.24) is 15.0 Å². The summed E-state index contributed by atoms with van der Waals surface area (Å²) in [5.41, 5.74) is 6.57. The molecule has 0 bridgehead atoms. The van der Waals surface area contributed by atoms with Gasteiger partial charge in [-0.25, -0.2) is 4.68 Å². The Morgan fingerprint density at radius 1 is 1.24 bits per heavy atom. The molecule has 0 aromatic carbocycles. The summed E-state index contributed by atoms with van der Waals surface area (Å²) in [4.78, 5) is 0. The largest absolute Gasteiger partial charge is 0.325 e. The van der Waals surface area contributed by atoms with Crippen molar-refractivity contribution in [3.05, 3.63) is 11.4 Å². The van der Waals surface area contributed by atoms with Crippen molar-refractivity contribution in [3.8, 4) is 0 Å². The monoisotopic (exact) mass is 298 g/mol. The number of alkyl halides is 3. The lowest BCUT2D eigenvalue weighted by molar-refractivity contribution is 0.514. The van der Waals surface area contributed by atoms with Crippen molar-refractivity contribution in [2.24, 2.45) is 5.73 Å². The summed E-state index contributed by atoms with van der Waals surface area (Å²) < 4.78 is 0.119. The molecule has 98 valence electrons. The third-order valence-corrected chi connectivity index (χ3v) is 3.03. The van der Waals surface area contributed by atoms with E-state index in [9.17, 15) is 0 Å². The number of aromatic nitrogens is 3. The predicted molar refractivity (Wildman–Crippen MR) is 71.3 cm³/mol. The molecule has 7 heteroatoms. The molecule has 0 spiro atoms. The molecule has 0 saturated heterocycles. The van der Waals surface area contributed by atoms with Crippen molar-refractivity contribution in [1.29, 1.82) is 0 Å². The van der Waals surface area contributed by atoms with Crippen LogP contribution in [0.25, 0.3) is 0 Å². The highest BCUT2D eigenvalue weighted by Gasteiger charge is 2.31. The van der Waals surface area contributed by atoms with Gasteiger partial charge in [-0.15, -0.1) is 5.10 Å². The lowest BCUT2D eigenvalue weighted by atomic mass is 10.2. The second-order valence-corrected chi connectivity index (χ2v) is 6.15. The Kier molecular flexibility index (Phi) is 6.00. The molecule has 0 saturated carbocycles. The zero-order valence-electron chi connectivity index (χ0n) is 9.80. The summed E-state index contributed by atoms with van der Waals surface area (Å²) >= 11 is 17.7. The fraction of sp³-hybridized carbons (Fsp3) is 0.800. The molecule has 1 aromatic heterocycles. The molecular formula is C10H17Cl3N4. The standard InChI is InChI=1S/C10H17Cl3N4/c1-2-3-4-5-6-17-9(10(11,12)13)8(7-14)15-16-17/h2-7,14H2,1H3. The van der Waals surface area contributed by atoms with E-state index in [4.69, 9.17) is 40.5 Å². The molecule has 1 rings (SSSR count). The molecule has 0 aliphatic heterocycles. The topological polar surface area (TPSA) is 56.7 Å². The van der Waals surface area contributed by atoms with Gasteiger partial charge in [-0.3, -0.25) is 0 Å². The van der Waals surface area contributed by atoms with Crippen LogP contribution in [-0.2, 0) is 16.9 Å². The third kappa shape index (κ3) is 4.28. The first kappa shape index (κ1) is 15.0. The van der Waals surface area contributed by atoms with Crippen molar-refractivity contribution < 1.29 is 0 Å². The molecule has 0 aliphatic rings. The van der Waals surface area contributed by atoms with E-state index >= 15 is 0 Å². The van der Waals surface area contributed by atoms with E-state index in [2.05, 4.69) is 17.2 Å². The van der Waals surface area contributed by atoms with E-state index in [1.807, 2.05) is 0 Å². The first-order chi connectivity index (χ1) is 8.00. The zero-order chi connectivity index (χ0) is 12.9. The summed E-state index contributed by atoms with van der Waals surface area (Å²) in [7, 11) is 0. The summed E-state index contributed by atoms with van der Waals surface area (Å²) in [5, 5.41) is 7.92. The molecule has 0 radical (unpaired) electrons. The lowest BCUT2D eigenvalue weighted by Crippen LogP contribution is -2.15. The maximum absolute atomic E-state index is 5.90. The molecule has 2 N–H and O–H groups in total. The number of aryl methyl sites for hydroxylation is 1. The fourth-order valence-electron chi connectivity index (χ4n) is 1.64. The highest BCUT2D eigenvalue weighted by molar-refractivity contribution is 6.66. The van der Waals surface area contributed by atoms with E-state index < -0.39 is 3.79 Å². The van der Waals surface area contributed by atoms with Crippen molar-refractivity contribution in [2.45, 2.75) is 49.5 Å². The number of hydrogen-bond acceptors (Lipinski definition) is 3. The zero-order valence-corrected chi connectivity index (χ0v) is 12.1. The van der Waals surface area contributed by atoms with Crippen LogP contribution in [0.15, 0.2) is 0 Å². The minimum atomic E-state index is -1.52. The number of halogens is 3. The van der Waals surface area contributed by atoms with Crippen LogP contribution in [0.5, 0.6) is 0 Å². The van der Waals surface area contributed by atoms with Gasteiger partial charge < -0.3 is 5.73 Å². The number of rotatable bonds is 6. The number of hydrogen-bond donors (Lipinski definition) is 1. The summed E-state index contributed by atoms with van der Waals surface area (Å²) in [6, 6.07) is 0. The molecule has 1 heterocycles. The molecule has 1 aromatic rings. The Hall–Kier alpha value is -0.0300. The highest BCUT2D eigenvalue weighted by atomic mass is 35.6. The summed E-state index contributed by atoms with van der Waals surface area (Å²) in [6.45, 7) is 3.09. The third-order valence-electron chi connectivity index (χ3n) is 2.49. The Morgan fingerprint density at radius 3 is 2.47 bits per heavy atom. The van der Waals surface area contributed by atoms with Gasteiger partial charge >= 0.3 is 0 Å². The van der Waals surface area contributed by atoms with E-state index in [1.165, 1.54) is 12.8 Å². The summed E-state index contributed by atoms with van der Waals surface area (Å²) in [5.74, 6) is 0. The highest BCUT2D eigenvalue weighted by Crippen LogP contribution is 2.39. The van der Waals surface area contributed by atoms with Gasteiger partial charge in [-0.1, -0.05) is 66.2 Å². The van der Waals surface area contributed by atoms with Crippen LogP contribution in [0, 0.1) is 0 Å². The van der Waals surface area contributed by atoms with Gasteiger partial charge in [-0.05, 0) is 6.42 Å². The van der Waals surface area contributed by atoms with E-state index in [0.29, 0.717) is 17.9 Å². The number of nitrogens with two attached hydrogens (primary N) is 1. The fourth-order valence-corrected chi connectivity index (χ4v) is 2.26. The number of unbranched alkanes of at least 4 members (excludes halogenated alkanes) is 3. The van der Waals surface area contributed by atoms with E-state index in [1.54, 1.807) is 4.68 Å². The Bertz CT molecular complexity index is 346. The summed E-state index contributed by atoms with van der Waals surface area (Å²) in [6.07, 6.45) is 4.51. The molecule has 0 aliphatic carbocycles. The maximum atomic E-state index is 5.90. The second kappa shape index (κ2) is 6.78. The average Bonchev–Trinajstić information content (AvgIpc) is 2.67. The van der Waals surface area contributed by atoms with Gasteiger partial charge in [0.2, 0.25) is 3.79 Å². The van der Waals surface area contributed by atoms with E-state index in [0.717, 1.165) is 12.8 Å². The molecule has 0 atom stereocenters. The normalized spacial score (nSPS) is 12.1. The van der Waals surface area contributed by atoms with Crippen LogP contribution >= 0.6 is 34.8 Å². The molecule has 0 unspecified atom stereocenters. The van der Waals surface area contributed by atoms with Crippen LogP contribution in [0.3, 0.4) is 0 Å². The van der Waals surface area contributed by atoms with Gasteiger partial charge in [0.1, 0.15) is 11.4 Å². The Labute approximate surface area is 116 Å².